The van der Waals surface area contributed by atoms with Gasteiger partial charge in [-0.1, -0.05) is 19.3 Å². The molecule has 0 amide bonds. The molecule has 12 heavy (non-hydrogen) atoms. The average Bonchev–Trinajstić information content (AvgIpc) is 2.27. The van der Waals surface area contributed by atoms with Crippen molar-refractivity contribution in [3.8, 4) is 0 Å². The number of aliphatic hydroxyl groups is 1. The second-order valence-corrected chi connectivity index (χ2v) is 3.53. The third kappa shape index (κ3) is 2.21. The fourth-order valence-electron chi connectivity index (χ4n) is 1.93. The third-order valence-electron chi connectivity index (χ3n) is 2.71. The van der Waals surface area contributed by atoms with Crippen LogP contribution in [0.3, 0.4) is 0 Å². The molecule has 3 nitrogen and oxygen atoms in total. The Hall–Kier alpha value is -0.570. The second-order valence-electron chi connectivity index (χ2n) is 3.53. The van der Waals surface area contributed by atoms with E-state index in [1.54, 1.807) is 0 Å². The lowest BCUT2D eigenvalue weighted by Crippen LogP contribution is -2.25. The van der Waals surface area contributed by atoms with Gasteiger partial charge in [-0.05, 0) is 18.8 Å². The van der Waals surface area contributed by atoms with E-state index in [2.05, 4.69) is 0 Å². The zero-order valence-electron chi connectivity index (χ0n) is 7.20. The van der Waals surface area contributed by atoms with E-state index in [4.69, 9.17) is 10.2 Å². The number of hydrogen-bond donors (Lipinski definition) is 2. The van der Waals surface area contributed by atoms with Crippen molar-refractivity contribution >= 4 is 5.97 Å². The Kier molecular flexibility index (Phi) is 3.53. The van der Waals surface area contributed by atoms with Crippen molar-refractivity contribution in [2.45, 2.75) is 32.1 Å². The summed E-state index contributed by atoms with van der Waals surface area (Å²) < 4.78 is 0. The van der Waals surface area contributed by atoms with Crippen LogP contribution in [0.15, 0.2) is 0 Å². The molecule has 0 aromatic rings. The molecule has 3 heteroatoms. The van der Waals surface area contributed by atoms with Gasteiger partial charge >= 0.3 is 5.97 Å². The summed E-state index contributed by atoms with van der Waals surface area (Å²) in [6.45, 7) is 0.0248. The molecule has 0 aliphatic heterocycles. The molecule has 70 valence electrons. The van der Waals surface area contributed by atoms with Crippen molar-refractivity contribution in [3.05, 3.63) is 0 Å². The number of aliphatic carboxylic acids is 1. The summed E-state index contributed by atoms with van der Waals surface area (Å²) in [6, 6.07) is 0. The molecular weight excluding hydrogens is 156 g/mol. The minimum absolute atomic E-state index is 0.00926. The van der Waals surface area contributed by atoms with Gasteiger partial charge in [-0.2, -0.15) is 0 Å². The summed E-state index contributed by atoms with van der Waals surface area (Å²) in [5.41, 5.74) is 0. The van der Waals surface area contributed by atoms with Crippen LogP contribution < -0.4 is 0 Å². The van der Waals surface area contributed by atoms with Gasteiger partial charge < -0.3 is 10.2 Å². The van der Waals surface area contributed by atoms with Crippen LogP contribution in [0.2, 0.25) is 0 Å². The van der Waals surface area contributed by atoms with Crippen molar-refractivity contribution in [2.75, 3.05) is 6.61 Å². The highest BCUT2D eigenvalue weighted by Crippen LogP contribution is 2.28. The molecule has 0 aromatic heterocycles. The van der Waals surface area contributed by atoms with Crippen LogP contribution in [0.1, 0.15) is 32.1 Å². The predicted octanol–water partition coefficient (Wildman–Crippen LogP) is 1.26. The van der Waals surface area contributed by atoms with Gasteiger partial charge in [0, 0.05) is 6.61 Å². The summed E-state index contributed by atoms with van der Waals surface area (Å²) in [5, 5.41) is 17.8. The molecule has 0 spiro atoms. The van der Waals surface area contributed by atoms with Gasteiger partial charge in [0.25, 0.3) is 0 Å². The second kappa shape index (κ2) is 4.45. The standard InChI is InChI=1S/C9H16O3/c10-6-7-4-2-1-3-5-8(7)9(11)12/h7-8,10H,1-6H2,(H,11,12)/t7-,8-/m1/s1. The number of carboxylic acid groups (broad SMARTS) is 1. The normalized spacial score (nSPS) is 31.1. The number of hydrogen-bond acceptors (Lipinski definition) is 2. The lowest BCUT2D eigenvalue weighted by atomic mass is 9.89. The van der Waals surface area contributed by atoms with Crippen molar-refractivity contribution in [3.63, 3.8) is 0 Å². The van der Waals surface area contributed by atoms with E-state index in [1.165, 1.54) is 0 Å². The molecule has 0 unspecified atom stereocenters. The molecule has 1 saturated carbocycles. The largest absolute Gasteiger partial charge is 0.481 e. The minimum atomic E-state index is -0.740. The van der Waals surface area contributed by atoms with E-state index in [1.807, 2.05) is 0 Å². The Morgan fingerprint density at radius 3 is 2.50 bits per heavy atom. The van der Waals surface area contributed by atoms with Gasteiger partial charge in [0.2, 0.25) is 0 Å². The van der Waals surface area contributed by atoms with Crippen LogP contribution in [0.5, 0.6) is 0 Å². The Morgan fingerprint density at radius 2 is 1.92 bits per heavy atom. The molecule has 1 aliphatic carbocycles. The van der Waals surface area contributed by atoms with Crippen LogP contribution in [0.4, 0.5) is 0 Å². The van der Waals surface area contributed by atoms with Gasteiger partial charge in [0.1, 0.15) is 0 Å². The number of rotatable bonds is 2. The van der Waals surface area contributed by atoms with Crippen molar-refractivity contribution in [1.29, 1.82) is 0 Å². The quantitative estimate of drug-likeness (QED) is 0.616. The summed E-state index contributed by atoms with van der Waals surface area (Å²) >= 11 is 0. The number of aliphatic hydroxyl groups excluding tert-OH is 1. The van der Waals surface area contributed by atoms with Gasteiger partial charge in [0.05, 0.1) is 5.92 Å². The molecule has 1 rings (SSSR count). The first kappa shape index (κ1) is 9.52. The Labute approximate surface area is 72.4 Å². The summed E-state index contributed by atoms with van der Waals surface area (Å²) in [6.07, 6.45) is 4.77. The van der Waals surface area contributed by atoms with E-state index in [0.717, 1.165) is 32.1 Å². The maximum Gasteiger partial charge on any atom is 0.306 e. The van der Waals surface area contributed by atoms with Crippen LogP contribution in [0.25, 0.3) is 0 Å². The van der Waals surface area contributed by atoms with Crippen LogP contribution in [0, 0.1) is 11.8 Å². The zero-order valence-corrected chi connectivity index (χ0v) is 7.20. The van der Waals surface area contributed by atoms with Crippen LogP contribution in [-0.2, 0) is 4.79 Å². The summed E-state index contributed by atoms with van der Waals surface area (Å²) in [5.74, 6) is -1.06. The Bertz CT molecular complexity index is 156. The third-order valence-corrected chi connectivity index (χ3v) is 2.71. The molecule has 1 fully saturated rings. The van der Waals surface area contributed by atoms with Crippen molar-refractivity contribution < 1.29 is 15.0 Å². The first-order valence-corrected chi connectivity index (χ1v) is 4.59. The van der Waals surface area contributed by atoms with E-state index in [-0.39, 0.29) is 18.4 Å². The van der Waals surface area contributed by atoms with Gasteiger partial charge in [-0.25, -0.2) is 0 Å². The first-order valence-electron chi connectivity index (χ1n) is 4.59. The molecule has 0 saturated heterocycles. The molecular formula is C9H16O3. The lowest BCUT2D eigenvalue weighted by molar-refractivity contribution is -0.144. The number of carboxylic acids is 1. The fourth-order valence-corrected chi connectivity index (χ4v) is 1.93. The monoisotopic (exact) mass is 172 g/mol. The van der Waals surface area contributed by atoms with E-state index in [0.29, 0.717) is 0 Å². The topological polar surface area (TPSA) is 57.5 Å². The average molecular weight is 172 g/mol. The highest BCUT2D eigenvalue weighted by atomic mass is 16.4. The highest BCUT2D eigenvalue weighted by molar-refractivity contribution is 5.70. The van der Waals surface area contributed by atoms with Crippen LogP contribution in [-0.4, -0.2) is 22.8 Å². The molecule has 0 bridgehead atoms. The van der Waals surface area contributed by atoms with Crippen molar-refractivity contribution in [2.24, 2.45) is 11.8 Å². The molecule has 0 heterocycles. The number of carbonyl (C=O) groups is 1. The van der Waals surface area contributed by atoms with E-state index >= 15 is 0 Å². The summed E-state index contributed by atoms with van der Waals surface area (Å²) in [4.78, 5) is 10.8. The highest BCUT2D eigenvalue weighted by Gasteiger charge is 2.28. The molecule has 0 radical (unpaired) electrons. The smallest absolute Gasteiger partial charge is 0.306 e. The van der Waals surface area contributed by atoms with Crippen LogP contribution >= 0.6 is 0 Å². The first-order chi connectivity index (χ1) is 5.75. The van der Waals surface area contributed by atoms with Crippen molar-refractivity contribution in [1.82, 2.24) is 0 Å². The SMILES string of the molecule is O=C(O)[C@@H]1CCCCC[C@@H]1CO. The maximum atomic E-state index is 10.8. The fraction of sp³-hybridized carbons (Fsp3) is 0.889. The van der Waals surface area contributed by atoms with Gasteiger partial charge in [-0.15, -0.1) is 0 Å². The van der Waals surface area contributed by atoms with E-state index < -0.39 is 5.97 Å². The van der Waals surface area contributed by atoms with Gasteiger partial charge in [0.15, 0.2) is 0 Å². The van der Waals surface area contributed by atoms with Gasteiger partial charge in [-0.3, -0.25) is 4.79 Å². The molecule has 2 N–H and O–H groups in total. The Morgan fingerprint density at radius 1 is 1.25 bits per heavy atom. The molecule has 2 atom stereocenters. The predicted molar refractivity (Wildman–Crippen MR) is 44.8 cm³/mol. The molecule has 1 aliphatic rings. The lowest BCUT2D eigenvalue weighted by Gasteiger charge is -2.18. The zero-order chi connectivity index (χ0) is 8.97. The summed E-state index contributed by atoms with van der Waals surface area (Å²) in [7, 11) is 0. The Balaban J connectivity index is 2.57. The minimum Gasteiger partial charge on any atom is -0.481 e. The molecule has 0 aromatic carbocycles. The maximum absolute atomic E-state index is 10.8. The van der Waals surface area contributed by atoms with E-state index in [9.17, 15) is 4.79 Å².